The van der Waals surface area contributed by atoms with E-state index in [9.17, 15) is 18.8 Å². The molecule has 0 radical (unpaired) electrons. The number of aliphatic carboxylic acids is 1. The molecule has 1 aliphatic carbocycles. The summed E-state index contributed by atoms with van der Waals surface area (Å²) in [5.41, 5.74) is 2.90. The van der Waals surface area contributed by atoms with Crippen LogP contribution >= 0.6 is 0 Å². The summed E-state index contributed by atoms with van der Waals surface area (Å²) in [4.78, 5) is 37.6. The lowest BCUT2D eigenvalue weighted by Gasteiger charge is -2.32. The summed E-state index contributed by atoms with van der Waals surface area (Å²) in [6.45, 7) is 0.918. The predicted octanol–water partition coefficient (Wildman–Crippen LogP) is 5.01. The third-order valence-electron chi connectivity index (χ3n) is 6.67. The van der Waals surface area contributed by atoms with Crippen LogP contribution in [0.2, 0.25) is 0 Å². The van der Waals surface area contributed by atoms with Gasteiger partial charge in [-0.25, -0.2) is 14.0 Å². The number of benzene rings is 2. The third kappa shape index (κ3) is 6.44. The number of urea groups is 1. The van der Waals surface area contributed by atoms with Gasteiger partial charge in [-0.3, -0.25) is 4.79 Å². The van der Waals surface area contributed by atoms with Gasteiger partial charge in [0.1, 0.15) is 6.10 Å². The summed E-state index contributed by atoms with van der Waals surface area (Å²) in [5.74, 6) is -1.11. The van der Waals surface area contributed by atoms with Crippen LogP contribution in [-0.2, 0) is 22.5 Å². The van der Waals surface area contributed by atoms with E-state index in [1.54, 1.807) is 17.0 Å². The Morgan fingerprint density at radius 2 is 1.72 bits per heavy atom. The number of ether oxygens (including phenoxy) is 2. The first kappa shape index (κ1) is 25.3. The molecule has 0 unspecified atom stereocenters. The number of carbonyl (C=O) groups is 3. The molecule has 2 aromatic rings. The summed E-state index contributed by atoms with van der Waals surface area (Å²) in [6, 6.07) is 9.16. The van der Waals surface area contributed by atoms with Gasteiger partial charge in [-0.15, -0.1) is 0 Å². The molecule has 0 atom stereocenters. The van der Waals surface area contributed by atoms with Crippen LogP contribution in [0.25, 0.3) is 0 Å². The van der Waals surface area contributed by atoms with Crippen LogP contribution in [0.3, 0.4) is 0 Å². The molecule has 10 heteroatoms. The van der Waals surface area contributed by atoms with Gasteiger partial charge in [0.25, 0.3) is 0 Å². The zero-order valence-corrected chi connectivity index (χ0v) is 20.1. The summed E-state index contributed by atoms with van der Waals surface area (Å²) >= 11 is 0. The molecular weight excluding hydrogens is 469 g/mol. The van der Waals surface area contributed by atoms with Gasteiger partial charge in [0.2, 0.25) is 0 Å². The second kappa shape index (κ2) is 11.3. The van der Waals surface area contributed by atoms with Crippen LogP contribution in [0.5, 0.6) is 5.75 Å². The average molecular weight is 500 g/mol. The van der Waals surface area contributed by atoms with Crippen LogP contribution < -0.4 is 15.4 Å². The number of amides is 3. The second-order valence-corrected chi connectivity index (χ2v) is 9.21. The van der Waals surface area contributed by atoms with Crippen molar-refractivity contribution >= 4 is 29.5 Å². The zero-order valence-electron chi connectivity index (χ0n) is 20.1. The first-order chi connectivity index (χ1) is 17.3. The van der Waals surface area contributed by atoms with E-state index in [0.29, 0.717) is 43.7 Å². The Bertz CT molecular complexity index is 1130. The number of methoxy groups -OCH3 is 1. The normalized spacial score (nSPS) is 19.1. The SMILES string of the molecule is COc1ccc(NC(=O)Nc2ccc3c(c2)CCN(C(=O)OC2CCC(CC(=O)O)CC2)C3)cc1F. The highest BCUT2D eigenvalue weighted by Gasteiger charge is 2.28. The number of anilines is 2. The molecular formula is C26H30FN3O6. The number of hydrogen-bond donors (Lipinski definition) is 3. The number of nitrogens with zero attached hydrogens (tertiary/aromatic N) is 1. The number of halogens is 1. The van der Waals surface area contributed by atoms with E-state index in [4.69, 9.17) is 14.6 Å². The smallest absolute Gasteiger partial charge is 0.410 e. The Morgan fingerprint density at radius 3 is 2.39 bits per heavy atom. The molecule has 1 aliphatic heterocycles. The van der Waals surface area contributed by atoms with Crippen molar-refractivity contribution in [3.63, 3.8) is 0 Å². The lowest BCUT2D eigenvalue weighted by Crippen LogP contribution is -2.39. The van der Waals surface area contributed by atoms with Crippen LogP contribution in [0.1, 0.15) is 43.2 Å². The van der Waals surface area contributed by atoms with Gasteiger partial charge < -0.3 is 30.1 Å². The van der Waals surface area contributed by atoms with E-state index in [2.05, 4.69) is 10.6 Å². The van der Waals surface area contributed by atoms with E-state index < -0.39 is 17.8 Å². The van der Waals surface area contributed by atoms with Gasteiger partial charge >= 0.3 is 18.1 Å². The highest BCUT2D eigenvalue weighted by molar-refractivity contribution is 5.99. The fraction of sp³-hybridized carbons (Fsp3) is 0.423. The topological polar surface area (TPSA) is 117 Å². The van der Waals surface area contributed by atoms with E-state index in [1.165, 1.54) is 19.2 Å². The Balaban J connectivity index is 1.27. The van der Waals surface area contributed by atoms with E-state index in [1.807, 2.05) is 12.1 Å². The zero-order chi connectivity index (χ0) is 25.7. The molecule has 0 bridgehead atoms. The maximum absolute atomic E-state index is 13.8. The Kier molecular flexibility index (Phi) is 7.92. The fourth-order valence-corrected chi connectivity index (χ4v) is 4.74. The van der Waals surface area contributed by atoms with Crippen molar-refractivity contribution in [1.82, 2.24) is 4.90 Å². The quantitative estimate of drug-likeness (QED) is 0.515. The minimum absolute atomic E-state index is 0.0942. The van der Waals surface area contributed by atoms with Crippen LogP contribution in [0.4, 0.5) is 25.4 Å². The minimum atomic E-state index is -0.783. The van der Waals surface area contributed by atoms with Crippen molar-refractivity contribution in [2.45, 2.75) is 51.2 Å². The monoisotopic (exact) mass is 499 g/mol. The molecule has 3 N–H and O–H groups in total. The van der Waals surface area contributed by atoms with Crippen LogP contribution in [0.15, 0.2) is 36.4 Å². The number of carbonyl (C=O) groups excluding carboxylic acids is 2. The Morgan fingerprint density at radius 1 is 1.03 bits per heavy atom. The molecule has 192 valence electrons. The lowest BCUT2D eigenvalue weighted by molar-refractivity contribution is -0.138. The number of nitrogens with one attached hydrogen (secondary N) is 2. The largest absolute Gasteiger partial charge is 0.494 e. The van der Waals surface area contributed by atoms with Crippen LogP contribution in [0, 0.1) is 11.7 Å². The van der Waals surface area contributed by atoms with Gasteiger partial charge in [0.05, 0.1) is 7.11 Å². The standard InChI is InChI=1S/C26H30FN3O6/c1-35-23-9-6-20(14-22(23)27)29-25(33)28-19-5-4-18-15-30(11-10-17(18)13-19)26(34)36-21-7-2-16(3-8-21)12-24(31)32/h4-6,9,13-14,16,21H,2-3,7-8,10-12,15H2,1H3,(H,31,32)(H2,28,29,33). The van der Waals surface area contributed by atoms with Crippen molar-refractivity contribution in [3.05, 3.63) is 53.3 Å². The van der Waals surface area contributed by atoms with Gasteiger partial charge in [0.15, 0.2) is 11.6 Å². The summed E-state index contributed by atoms with van der Waals surface area (Å²) in [7, 11) is 1.37. The molecule has 0 aromatic heterocycles. The number of carboxylic acid groups (broad SMARTS) is 1. The molecule has 0 saturated heterocycles. The summed E-state index contributed by atoms with van der Waals surface area (Å²) in [6.07, 6.45) is 3.15. The first-order valence-electron chi connectivity index (χ1n) is 12.0. The van der Waals surface area contributed by atoms with E-state index in [-0.39, 0.29) is 30.3 Å². The second-order valence-electron chi connectivity index (χ2n) is 9.21. The van der Waals surface area contributed by atoms with E-state index >= 15 is 0 Å². The molecule has 1 heterocycles. The molecule has 2 aliphatic rings. The number of fused-ring (bicyclic) bond motifs is 1. The molecule has 1 fully saturated rings. The van der Waals surface area contributed by atoms with Crippen molar-refractivity contribution in [1.29, 1.82) is 0 Å². The minimum Gasteiger partial charge on any atom is -0.494 e. The van der Waals surface area contributed by atoms with E-state index in [0.717, 1.165) is 24.0 Å². The van der Waals surface area contributed by atoms with Gasteiger partial charge in [0, 0.05) is 37.0 Å². The summed E-state index contributed by atoms with van der Waals surface area (Å²) < 4.78 is 24.4. The van der Waals surface area contributed by atoms with Gasteiger partial charge in [-0.1, -0.05) is 6.07 Å². The van der Waals surface area contributed by atoms with Crippen LogP contribution in [-0.4, -0.2) is 47.9 Å². The number of carboxylic acids is 1. The molecule has 36 heavy (non-hydrogen) atoms. The van der Waals surface area contributed by atoms with Crippen molar-refractivity contribution in [2.75, 3.05) is 24.3 Å². The van der Waals surface area contributed by atoms with Gasteiger partial charge in [-0.05, 0) is 73.4 Å². The Hall–Kier alpha value is -3.82. The number of hydrogen-bond acceptors (Lipinski definition) is 5. The molecule has 1 saturated carbocycles. The Labute approximate surface area is 208 Å². The maximum atomic E-state index is 13.8. The maximum Gasteiger partial charge on any atom is 0.410 e. The van der Waals surface area contributed by atoms with Crippen molar-refractivity contribution in [3.8, 4) is 5.75 Å². The average Bonchev–Trinajstić information content (AvgIpc) is 2.84. The fourth-order valence-electron chi connectivity index (χ4n) is 4.74. The highest BCUT2D eigenvalue weighted by atomic mass is 19.1. The predicted molar refractivity (Wildman–Crippen MR) is 131 cm³/mol. The highest BCUT2D eigenvalue weighted by Crippen LogP contribution is 2.30. The van der Waals surface area contributed by atoms with Crippen molar-refractivity contribution in [2.24, 2.45) is 5.92 Å². The third-order valence-corrected chi connectivity index (χ3v) is 6.67. The molecule has 2 aromatic carbocycles. The van der Waals surface area contributed by atoms with Gasteiger partial charge in [-0.2, -0.15) is 0 Å². The first-order valence-corrected chi connectivity index (χ1v) is 12.0. The molecule has 3 amide bonds. The lowest BCUT2D eigenvalue weighted by atomic mass is 9.85. The van der Waals surface area contributed by atoms with Crippen molar-refractivity contribution < 1.29 is 33.4 Å². The molecule has 9 nitrogen and oxygen atoms in total. The molecule has 0 spiro atoms. The number of rotatable bonds is 6. The summed E-state index contributed by atoms with van der Waals surface area (Å²) in [5, 5.41) is 14.3. The molecule has 4 rings (SSSR count).